The predicted octanol–water partition coefficient (Wildman–Crippen LogP) is 6.11. The lowest BCUT2D eigenvalue weighted by atomic mass is 10.0. The van der Waals surface area contributed by atoms with E-state index in [0.717, 1.165) is 16.7 Å². The van der Waals surface area contributed by atoms with Gasteiger partial charge in [0.2, 0.25) is 0 Å². The van der Waals surface area contributed by atoms with Crippen molar-refractivity contribution in [3.63, 3.8) is 0 Å². The lowest BCUT2D eigenvalue weighted by molar-refractivity contribution is 0.0470. The van der Waals surface area contributed by atoms with Crippen LogP contribution >= 0.6 is 0 Å². The summed E-state index contributed by atoms with van der Waals surface area (Å²) in [5, 5.41) is 0. The molecule has 0 N–H and O–H groups in total. The van der Waals surface area contributed by atoms with Gasteiger partial charge in [0.05, 0.1) is 0 Å². The van der Waals surface area contributed by atoms with Crippen LogP contribution in [0.2, 0.25) is 0 Å². The first-order chi connectivity index (χ1) is 16.1. The molecule has 0 aliphatic heterocycles. The van der Waals surface area contributed by atoms with E-state index < -0.39 is 5.97 Å². The number of rotatable bonds is 8. The van der Waals surface area contributed by atoms with Gasteiger partial charge in [-0.25, -0.2) is 9.18 Å². The zero-order chi connectivity index (χ0) is 23.0. The number of hydrogen-bond donors (Lipinski definition) is 0. The van der Waals surface area contributed by atoms with Crippen LogP contribution in [-0.2, 0) is 11.3 Å². The highest BCUT2D eigenvalue weighted by molar-refractivity contribution is 6.00. The van der Waals surface area contributed by atoms with E-state index >= 15 is 0 Å². The molecule has 0 saturated heterocycles. The maximum atomic E-state index is 13.1. The molecule has 5 heteroatoms. The van der Waals surface area contributed by atoms with Gasteiger partial charge in [0.15, 0.2) is 12.4 Å². The van der Waals surface area contributed by atoms with Crippen LogP contribution in [0, 0.1) is 5.82 Å². The summed E-state index contributed by atoms with van der Waals surface area (Å²) in [7, 11) is 0. The summed E-state index contributed by atoms with van der Waals surface area (Å²) in [5.41, 5.74) is 3.49. The lowest BCUT2D eigenvalue weighted by Crippen LogP contribution is -2.15. The molecule has 0 aliphatic carbocycles. The Morgan fingerprint density at radius 2 is 1.33 bits per heavy atom. The molecule has 0 radical (unpaired) electrons. The van der Waals surface area contributed by atoms with Crippen LogP contribution in [-0.4, -0.2) is 18.4 Å². The van der Waals surface area contributed by atoms with Gasteiger partial charge in [0, 0.05) is 5.56 Å². The van der Waals surface area contributed by atoms with Crippen molar-refractivity contribution in [1.82, 2.24) is 0 Å². The molecule has 0 spiro atoms. The number of Topliss-reactive ketones (excluding diaryl/α,β-unsaturated/α-hetero) is 1. The second-order valence-corrected chi connectivity index (χ2v) is 7.35. The summed E-state index contributed by atoms with van der Waals surface area (Å²) in [4.78, 5) is 25.1. The molecule has 33 heavy (non-hydrogen) atoms. The highest BCUT2D eigenvalue weighted by Gasteiger charge is 2.16. The van der Waals surface area contributed by atoms with Gasteiger partial charge in [0.25, 0.3) is 0 Å². The van der Waals surface area contributed by atoms with Crippen LogP contribution < -0.4 is 4.74 Å². The second-order valence-electron chi connectivity index (χ2n) is 7.35. The number of carbonyl (C=O) groups is 2. The minimum Gasteiger partial charge on any atom is -0.488 e. The van der Waals surface area contributed by atoms with Gasteiger partial charge in [-0.3, -0.25) is 4.79 Å². The van der Waals surface area contributed by atoms with Crippen molar-refractivity contribution in [2.24, 2.45) is 0 Å². The molecule has 0 aliphatic rings. The Morgan fingerprint density at radius 1 is 0.697 bits per heavy atom. The summed E-state index contributed by atoms with van der Waals surface area (Å²) in [5.74, 6) is -0.958. The van der Waals surface area contributed by atoms with Crippen LogP contribution in [0.3, 0.4) is 0 Å². The molecular weight excluding hydrogens is 419 g/mol. The van der Waals surface area contributed by atoms with E-state index in [9.17, 15) is 14.0 Å². The average Bonchev–Trinajstić information content (AvgIpc) is 2.87. The smallest absolute Gasteiger partial charge is 0.342 e. The molecule has 4 aromatic carbocycles. The molecule has 0 fully saturated rings. The van der Waals surface area contributed by atoms with Crippen LogP contribution in [0.1, 0.15) is 26.3 Å². The number of ether oxygens (including phenoxy) is 2. The van der Waals surface area contributed by atoms with Crippen molar-refractivity contribution in [3.8, 4) is 16.9 Å². The summed E-state index contributed by atoms with van der Waals surface area (Å²) in [6, 6.07) is 29.5. The van der Waals surface area contributed by atoms with Crippen molar-refractivity contribution in [2.75, 3.05) is 6.61 Å². The summed E-state index contributed by atoms with van der Waals surface area (Å²) < 4.78 is 24.0. The molecule has 4 aromatic rings. The van der Waals surface area contributed by atoms with Crippen molar-refractivity contribution in [3.05, 3.63) is 126 Å². The molecule has 4 nitrogen and oxygen atoms in total. The Bertz CT molecular complexity index is 1230. The molecular formula is C28H21FO4. The topological polar surface area (TPSA) is 52.6 Å². The summed E-state index contributed by atoms with van der Waals surface area (Å²) >= 11 is 0. The first-order valence-electron chi connectivity index (χ1n) is 10.4. The van der Waals surface area contributed by atoms with E-state index in [1.807, 2.05) is 42.5 Å². The van der Waals surface area contributed by atoms with Gasteiger partial charge in [-0.05, 0) is 41.0 Å². The fourth-order valence-corrected chi connectivity index (χ4v) is 3.27. The number of para-hydroxylation sites is 1. The van der Waals surface area contributed by atoms with Crippen LogP contribution in [0.5, 0.6) is 5.75 Å². The normalized spacial score (nSPS) is 10.5. The molecule has 0 saturated carbocycles. The number of esters is 1. The molecule has 0 unspecified atom stereocenters. The van der Waals surface area contributed by atoms with Crippen LogP contribution in [0.15, 0.2) is 103 Å². The Hall–Kier alpha value is -4.25. The maximum Gasteiger partial charge on any atom is 0.342 e. The van der Waals surface area contributed by atoms with Gasteiger partial charge in [-0.2, -0.15) is 0 Å². The van der Waals surface area contributed by atoms with Crippen LogP contribution in [0.4, 0.5) is 4.39 Å². The Balaban J connectivity index is 1.36. The summed E-state index contributed by atoms with van der Waals surface area (Å²) in [6.07, 6.45) is 0. The Morgan fingerprint density at radius 3 is 2.06 bits per heavy atom. The van der Waals surface area contributed by atoms with Crippen molar-refractivity contribution in [2.45, 2.75) is 6.61 Å². The highest BCUT2D eigenvalue weighted by atomic mass is 19.1. The third kappa shape index (κ3) is 5.71. The molecule has 4 rings (SSSR count). The standard InChI is InChI=1S/C28H21FO4/c29-24-16-10-20(11-17-24)18-32-27-9-5-4-8-25(27)28(31)33-19-26(30)23-14-12-22(13-15-23)21-6-2-1-3-7-21/h1-17H,18-19H2. The first-order valence-corrected chi connectivity index (χ1v) is 10.4. The molecule has 164 valence electrons. The molecule has 0 bridgehead atoms. The average molecular weight is 440 g/mol. The zero-order valence-corrected chi connectivity index (χ0v) is 17.7. The monoisotopic (exact) mass is 440 g/mol. The van der Waals surface area contributed by atoms with E-state index in [1.54, 1.807) is 48.5 Å². The van der Waals surface area contributed by atoms with E-state index in [4.69, 9.17) is 9.47 Å². The largest absolute Gasteiger partial charge is 0.488 e. The molecule has 0 aromatic heterocycles. The van der Waals surface area contributed by atoms with Gasteiger partial charge >= 0.3 is 5.97 Å². The number of halogens is 1. The lowest BCUT2D eigenvalue weighted by Gasteiger charge is -2.11. The van der Waals surface area contributed by atoms with Gasteiger partial charge < -0.3 is 9.47 Å². The quantitative estimate of drug-likeness (QED) is 0.245. The fraction of sp³-hybridized carbons (Fsp3) is 0.0714. The molecule has 0 atom stereocenters. The number of ketones is 1. The van der Waals surface area contributed by atoms with E-state index in [2.05, 4.69) is 0 Å². The van der Waals surface area contributed by atoms with E-state index in [0.29, 0.717) is 11.3 Å². The zero-order valence-electron chi connectivity index (χ0n) is 17.7. The Labute approximate surface area is 191 Å². The number of carbonyl (C=O) groups excluding carboxylic acids is 2. The maximum absolute atomic E-state index is 13.1. The first kappa shape index (κ1) is 22.0. The third-order valence-electron chi connectivity index (χ3n) is 5.06. The number of hydrogen-bond acceptors (Lipinski definition) is 4. The second kappa shape index (κ2) is 10.4. The molecule has 0 heterocycles. The van der Waals surface area contributed by atoms with Gasteiger partial charge in [0.1, 0.15) is 23.7 Å². The third-order valence-corrected chi connectivity index (χ3v) is 5.06. The van der Waals surface area contributed by atoms with Gasteiger partial charge in [-0.1, -0.05) is 78.9 Å². The minimum atomic E-state index is -0.654. The molecule has 0 amide bonds. The fourth-order valence-electron chi connectivity index (χ4n) is 3.27. The van der Waals surface area contributed by atoms with Gasteiger partial charge in [-0.15, -0.1) is 0 Å². The van der Waals surface area contributed by atoms with Crippen molar-refractivity contribution < 1.29 is 23.5 Å². The van der Waals surface area contributed by atoms with E-state index in [1.165, 1.54) is 12.1 Å². The predicted molar refractivity (Wildman–Crippen MR) is 124 cm³/mol. The number of benzene rings is 4. The van der Waals surface area contributed by atoms with E-state index in [-0.39, 0.29) is 30.4 Å². The minimum absolute atomic E-state index is 0.164. The Kier molecular flexibility index (Phi) is 6.90. The summed E-state index contributed by atoms with van der Waals surface area (Å²) in [6.45, 7) is -0.215. The van der Waals surface area contributed by atoms with Crippen LogP contribution in [0.25, 0.3) is 11.1 Å². The van der Waals surface area contributed by atoms with Crippen molar-refractivity contribution >= 4 is 11.8 Å². The SMILES string of the molecule is O=C(COC(=O)c1ccccc1OCc1ccc(F)cc1)c1ccc(-c2ccccc2)cc1. The highest BCUT2D eigenvalue weighted by Crippen LogP contribution is 2.22. The van der Waals surface area contributed by atoms with Crippen molar-refractivity contribution in [1.29, 1.82) is 0 Å².